The molecule has 2 atom stereocenters. The van der Waals surface area contributed by atoms with Gasteiger partial charge in [0.2, 0.25) is 0 Å². The summed E-state index contributed by atoms with van der Waals surface area (Å²) < 4.78 is 19.0. The third-order valence-electron chi connectivity index (χ3n) is 3.16. The van der Waals surface area contributed by atoms with Crippen molar-refractivity contribution in [3.63, 3.8) is 0 Å². The Morgan fingerprint density at radius 3 is 3.00 bits per heavy atom. The summed E-state index contributed by atoms with van der Waals surface area (Å²) in [6.07, 6.45) is 2.77. The van der Waals surface area contributed by atoms with Gasteiger partial charge >= 0.3 is 0 Å². The molecule has 1 unspecified atom stereocenters. The molecule has 1 aromatic rings. The molecule has 88 valence electrons. The summed E-state index contributed by atoms with van der Waals surface area (Å²) >= 11 is 0. The Kier molecular flexibility index (Phi) is 2.89. The van der Waals surface area contributed by atoms with Gasteiger partial charge in [0.25, 0.3) is 0 Å². The average Bonchev–Trinajstić information content (AvgIpc) is 2.15. The van der Waals surface area contributed by atoms with E-state index in [0.29, 0.717) is 5.75 Å². The Hall–Kier alpha value is -1.09. The van der Waals surface area contributed by atoms with Crippen LogP contribution in [-0.2, 0) is 0 Å². The molecule has 0 amide bonds. The largest absolute Gasteiger partial charge is 0.487 e. The quantitative estimate of drug-likeness (QED) is 0.835. The molecular weight excluding hydrogens is 205 g/mol. The van der Waals surface area contributed by atoms with E-state index in [1.807, 2.05) is 6.92 Å². The lowest BCUT2D eigenvalue weighted by molar-refractivity contribution is 0.0445. The minimum Gasteiger partial charge on any atom is -0.487 e. The molecule has 0 fully saturated rings. The molecule has 0 radical (unpaired) electrons. The van der Waals surface area contributed by atoms with Gasteiger partial charge in [-0.1, -0.05) is 19.4 Å². The smallest absolute Gasteiger partial charge is 0.127 e. The first-order valence-corrected chi connectivity index (χ1v) is 5.78. The Balaban J connectivity index is 2.34. The van der Waals surface area contributed by atoms with Crippen molar-refractivity contribution in [1.82, 2.24) is 0 Å². The second-order valence-corrected chi connectivity index (χ2v) is 4.79. The molecule has 0 saturated heterocycles. The number of fused-ring (bicyclic) bond motifs is 1. The highest BCUT2D eigenvalue weighted by Crippen LogP contribution is 2.40. The predicted molar refractivity (Wildman–Crippen MR) is 61.9 cm³/mol. The summed E-state index contributed by atoms with van der Waals surface area (Å²) in [5, 5.41) is 0. The number of hydrogen-bond donors (Lipinski definition) is 1. The lowest BCUT2D eigenvalue weighted by atomic mass is 9.86. The van der Waals surface area contributed by atoms with Crippen molar-refractivity contribution >= 4 is 0 Å². The van der Waals surface area contributed by atoms with Crippen LogP contribution in [-0.4, -0.2) is 5.60 Å². The van der Waals surface area contributed by atoms with Crippen molar-refractivity contribution in [2.24, 2.45) is 5.73 Å². The molecule has 3 heteroatoms. The lowest BCUT2D eigenvalue weighted by Crippen LogP contribution is -2.40. The van der Waals surface area contributed by atoms with E-state index in [4.69, 9.17) is 10.5 Å². The lowest BCUT2D eigenvalue weighted by Gasteiger charge is -2.38. The van der Waals surface area contributed by atoms with Crippen molar-refractivity contribution in [3.05, 3.63) is 29.6 Å². The first-order chi connectivity index (χ1) is 7.54. The monoisotopic (exact) mass is 223 g/mol. The van der Waals surface area contributed by atoms with Gasteiger partial charge in [-0.25, -0.2) is 4.39 Å². The van der Waals surface area contributed by atoms with Gasteiger partial charge in [0.05, 0.1) is 0 Å². The Morgan fingerprint density at radius 1 is 1.56 bits per heavy atom. The second-order valence-electron chi connectivity index (χ2n) is 4.79. The molecule has 1 aromatic carbocycles. The molecule has 16 heavy (non-hydrogen) atoms. The molecule has 0 saturated carbocycles. The molecule has 2 N–H and O–H groups in total. The summed E-state index contributed by atoms with van der Waals surface area (Å²) in [7, 11) is 0. The first-order valence-electron chi connectivity index (χ1n) is 5.78. The molecular formula is C13H18FNO. The van der Waals surface area contributed by atoms with E-state index in [1.165, 1.54) is 12.1 Å². The standard InChI is InChI=1S/C13H18FNO/c1-3-6-13(2)8-11(15)10-5-4-9(14)7-12(10)16-13/h4-5,7,11H,3,6,8,15H2,1-2H3/t11-,13?/m0/s1. The highest BCUT2D eigenvalue weighted by atomic mass is 19.1. The normalized spacial score (nSPS) is 28.4. The Bertz CT molecular complexity index is 394. The van der Waals surface area contributed by atoms with Crippen LogP contribution in [0.3, 0.4) is 0 Å². The van der Waals surface area contributed by atoms with Crippen LogP contribution >= 0.6 is 0 Å². The Morgan fingerprint density at radius 2 is 2.31 bits per heavy atom. The SMILES string of the molecule is CCCC1(C)C[C@H](N)c2ccc(F)cc2O1. The van der Waals surface area contributed by atoms with Crippen molar-refractivity contribution in [3.8, 4) is 5.75 Å². The van der Waals surface area contributed by atoms with E-state index in [1.54, 1.807) is 6.07 Å². The topological polar surface area (TPSA) is 35.2 Å². The van der Waals surface area contributed by atoms with E-state index >= 15 is 0 Å². The number of halogens is 1. The summed E-state index contributed by atoms with van der Waals surface area (Å²) in [6.45, 7) is 4.16. The minimum absolute atomic E-state index is 0.0547. The van der Waals surface area contributed by atoms with Gasteiger partial charge in [-0.15, -0.1) is 0 Å². The summed E-state index contributed by atoms with van der Waals surface area (Å²) in [4.78, 5) is 0. The van der Waals surface area contributed by atoms with E-state index in [-0.39, 0.29) is 17.5 Å². The molecule has 1 heterocycles. The fourth-order valence-electron chi connectivity index (χ4n) is 2.47. The number of nitrogens with two attached hydrogens (primary N) is 1. The fourth-order valence-corrected chi connectivity index (χ4v) is 2.47. The maximum Gasteiger partial charge on any atom is 0.127 e. The van der Waals surface area contributed by atoms with Crippen LogP contribution in [0.2, 0.25) is 0 Å². The van der Waals surface area contributed by atoms with E-state index in [9.17, 15) is 4.39 Å². The van der Waals surface area contributed by atoms with E-state index in [2.05, 4.69) is 6.92 Å². The third kappa shape index (κ3) is 2.05. The average molecular weight is 223 g/mol. The van der Waals surface area contributed by atoms with Gasteiger partial charge in [-0.05, 0) is 19.4 Å². The molecule has 0 aromatic heterocycles. The van der Waals surface area contributed by atoms with E-state index < -0.39 is 0 Å². The zero-order valence-corrected chi connectivity index (χ0v) is 9.79. The summed E-state index contributed by atoms with van der Waals surface area (Å²) in [5.41, 5.74) is 6.76. The zero-order chi connectivity index (χ0) is 11.8. The van der Waals surface area contributed by atoms with Crippen molar-refractivity contribution in [2.75, 3.05) is 0 Å². The van der Waals surface area contributed by atoms with Crippen LogP contribution in [0.15, 0.2) is 18.2 Å². The van der Waals surface area contributed by atoms with Crippen LogP contribution < -0.4 is 10.5 Å². The van der Waals surface area contributed by atoms with Crippen molar-refractivity contribution < 1.29 is 9.13 Å². The zero-order valence-electron chi connectivity index (χ0n) is 9.79. The van der Waals surface area contributed by atoms with Crippen LogP contribution in [0.1, 0.15) is 44.7 Å². The molecule has 2 rings (SSSR count). The summed E-state index contributed by atoms with van der Waals surface area (Å²) in [5.74, 6) is 0.335. The number of ether oxygens (including phenoxy) is 1. The molecule has 0 aliphatic carbocycles. The van der Waals surface area contributed by atoms with Crippen molar-refractivity contribution in [1.29, 1.82) is 0 Å². The molecule has 1 aliphatic heterocycles. The maximum atomic E-state index is 13.1. The number of hydrogen-bond acceptors (Lipinski definition) is 2. The number of rotatable bonds is 2. The van der Waals surface area contributed by atoms with Crippen LogP contribution in [0.4, 0.5) is 4.39 Å². The summed E-state index contributed by atoms with van der Waals surface area (Å²) in [6, 6.07) is 4.54. The fraction of sp³-hybridized carbons (Fsp3) is 0.538. The first kappa shape index (κ1) is 11.4. The van der Waals surface area contributed by atoms with E-state index in [0.717, 1.165) is 24.8 Å². The molecule has 0 bridgehead atoms. The van der Waals surface area contributed by atoms with Gasteiger partial charge < -0.3 is 10.5 Å². The predicted octanol–water partition coefficient (Wildman–Crippen LogP) is 3.17. The molecule has 2 nitrogen and oxygen atoms in total. The minimum atomic E-state index is -0.272. The van der Waals surface area contributed by atoms with Crippen molar-refractivity contribution in [2.45, 2.75) is 44.8 Å². The molecule has 0 spiro atoms. The van der Waals surface area contributed by atoms with Crippen LogP contribution in [0.25, 0.3) is 0 Å². The van der Waals surface area contributed by atoms with Gasteiger partial charge in [0, 0.05) is 24.1 Å². The van der Waals surface area contributed by atoms with Crippen LogP contribution in [0.5, 0.6) is 5.75 Å². The van der Waals surface area contributed by atoms with Crippen LogP contribution in [0, 0.1) is 5.82 Å². The highest BCUT2D eigenvalue weighted by Gasteiger charge is 2.35. The Labute approximate surface area is 95.6 Å². The maximum absolute atomic E-state index is 13.1. The molecule has 1 aliphatic rings. The third-order valence-corrected chi connectivity index (χ3v) is 3.16. The van der Waals surface area contributed by atoms with Gasteiger partial charge in [0.1, 0.15) is 17.2 Å². The number of benzene rings is 1. The van der Waals surface area contributed by atoms with Gasteiger partial charge in [-0.3, -0.25) is 0 Å². The second kappa shape index (κ2) is 4.06. The highest BCUT2D eigenvalue weighted by molar-refractivity contribution is 5.39. The van der Waals surface area contributed by atoms with Gasteiger partial charge in [-0.2, -0.15) is 0 Å². The van der Waals surface area contributed by atoms with Gasteiger partial charge in [0.15, 0.2) is 0 Å².